The second kappa shape index (κ2) is 7.26. The van der Waals surface area contributed by atoms with E-state index in [1.165, 1.54) is 4.31 Å². The largest absolute Gasteiger partial charge is 0.354 e. The minimum Gasteiger partial charge on any atom is -0.354 e. The van der Waals surface area contributed by atoms with Gasteiger partial charge in [-0.2, -0.15) is 0 Å². The van der Waals surface area contributed by atoms with Gasteiger partial charge in [0.1, 0.15) is 0 Å². The van der Waals surface area contributed by atoms with Gasteiger partial charge >= 0.3 is 0 Å². The number of aryl methyl sites for hydroxylation is 1. The van der Waals surface area contributed by atoms with E-state index in [2.05, 4.69) is 21.2 Å². The van der Waals surface area contributed by atoms with Crippen molar-refractivity contribution in [3.63, 3.8) is 0 Å². The zero-order chi connectivity index (χ0) is 16.2. The molecule has 5 nitrogen and oxygen atoms in total. The molecule has 1 aromatic rings. The van der Waals surface area contributed by atoms with Crippen molar-refractivity contribution in [3.8, 4) is 0 Å². The van der Waals surface area contributed by atoms with Gasteiger partial charge in [-0.05, 0) is 44.5 Å². The van der Waals surface area contributed by atoms with Gasteiger partial charge in [-0.15, -0.1) is 0 Å². The van der Waals surface area contributed by atoms with Crippen molar-refractivity contribution in [1.29, 1.82) is 0 Å². The zero-order valence-electron chi connectivity index (χ0n) is 12.7. The summed E-state index contributed by atoms with van der Waals surface area (Å²) < 4.78 is 26.1. The monoisotopic (exact) mass is 376 g/mol. The van der Waals surface area contributed by atoms with Crippen molar-refractivity contribution in [3.05, 3.63) is 28.2 Å². The summed E-state index contributed by atoms with van der Waals surface area (Å²) in [5.41, 5.74) is 1.43. The first kappa shape index (κ1) is 18.0. The number of hydrogen-bond acceptors (Lipinski definition) is 3. The van der Waals surface area contributed by atoms with E-state index in [1.54, 1.807) is 12.1 Å². The average Bonchev–Trinajstić information content (AvgIpc) is 2.29. The second-order valence-electron chi connectivity index (χ2n) is 5.24. The Hall–Kier alpha value is -1.08. The Balaban J connectivity index is 2.95. The SMILES string of the molecule is Cc1cc(Br)ccc1N(CCC(=O)NC(C)C)S(C)(=O)=O. The van der Waals surface area contributed by atoms with E-state index in [4.69, 9.17) is 0 Å². The van der Waals surface area contributed by atoms with E-state index in [0.29, 0.717) is 5.69 Å². The summed E-state index contributed by atoms with van der Waals surface area (Å²) in [6, 6.07) is 5.41. The van der Waals surface area contributed by atoms with Gasteiger partial charge in [-0.25, -0.2) is 8.42 Å². The van der Waals surface area contributed by atoms with Crippen molar-refractivity contribution >= 4 is 37.5 Å². The normalized spacial score (nSPS) is 11.5. The minimum atomic E-state index is -3.44. The predicted octanol–water partition coefficient (Wildman–Crippen LogP) is 2.44. The van der Waals surface area contributed by atoms with Gasteiger partial charge in [0.05, 0.1) is 11.9 Å². The van der Waals surface area contributed by atoms with Crippen LogP contribution in [0.15, 0.2) is 22.7 Å². The second-order valence-corrected chi connectivity index (χ2v) is 8.06. The van der Waals surface area contributed by atoms with E-state index >= 15 is 0 Å². The lowest BCUT2D eigenvalue weighted by atomic mass is 10.2. The van der Waals surface area contributed by atoms with Crippen LogP contribution in [0.5, 0.6) is 0 Å². The highest BCUT2D eigenvalue weighted by Crippen LogP contribution is 2.25. The molecule has 118 valence electrons. The molecule has 1 rings (SSSR count). The third-order valence-corrected chi connectivity index (χ3v) is 4.49. The van der Waals surface area contributed by atoms with Crippen molar-refractivity contribution in [2.24, 2.45) is 0 Å². The third kappa shape index (κ3) is 5.67. The summed E-state index contributed by atoms with van der Waals surface area (Å²) in [4.78, 5) is 11.7. The lowest BCUT2D eigenvalue weighted by Gasteiger charge is -2.24. The maximum atomic E-state index is 12.0. The van der Waals surface area contributed by atoms with E-state index in [9.17, 15) is 13.2 Å². The molecular formula is C14H21BrN2O3S. The molecule has 1 aromatic carbocycles. The summed E-state index contributed by atoms with van der Waals surface area (Å²) in [6.07, 6.45) is 1.27. The number of hydrogen-bond donors (Lipinski definition) is 1. The molecule has 0 aromatic heterocycles. The highest BCUT2D eigenvalue weighted by Gasteiger charge is 2.20. The number of rotatable bonds is 6. The molecule has 0 fully saturated rings. The van der Waals surface area contributed by atoms with Crippen molar-refractivity contribution in [2.75, 3.05) is 17.1 Å². The van der Waals surface area contributed by atoms with Gasteiger partial charge in [-0.3, -0.25) is 9.10 Å². The average molecular weight is 377 g/mol. The van der Waals surface area contributed by atoms with Gasteiger partial charge in [0.2, 0.25) is 15.9 Å². The molecule has 0 aliphatic carbocycles. The standard InChI is InChI=1S/C14H21BrN2O3S/c1-10(2)16-14(18)7-8-17(21(4,19)20)13-6-5-12(15)9-11(13)3/h5-6,9-10H,7-8H2,1-4H3,(H,16,18). The van der Waals surface area contributed by atoms with E-state index < -0.39 is 10.0 Å². The number of carbonyl (C=O) groups excluding carboxylic acids is 1. The van der Waals surface area contributed by atoms with Crippen LogP contribution < -0.4 is 9.62 Å². The summed E-state index contributed by atoms with van der Waals surface area (Å²) in [6.45, 7) is 5.70. The first-order chi connectivity index (χ1) is 9.61. The van der Waals surface area contributed by atoms with Crippen LogP contribution in [0.25, 0.3) is 0 Å². The Morgan fingerprint density at radius 2 is 2.00 bits per heavy atom. The molecule has 1 amide bonds. The highest BCUT2D eigenvalue weighted by atomic mass is 79.9. The zero-order valence-corrected chi connectivity index (χ0v) is 15.1. The van der Waals surface area contributed by atoms with Gasteiger partial charge in [0.15, 0.2) is 0 Å². The Morgan fingerprint density at radius 3 is 2.48 bits per heavy atom. The number of carbonyl (C=O) groups is 1. The highest BCUT2D eigenvalue weighted by molar-refractivity contribution is 9.10. The molecule has 21 heavy (non-hydrogen) atoms. The lowest BCUT2D eigenvalue weighted by Crippen LogP contribution is -2.36. The summed E-state index contributed by atoms with van der Waals surface area (Å²) in [5, 5.41) is 2.76. The number of halogens is 1. The van der Waals surface area contributed by atoms with Gasteiger partial charge in [0.25, 0.3) is 0 Å². The Bertz CT molecular complexity index is 615. The van der Waals surface area contributed by atoms with E-state index in [0.717, 1.165) is 16.3 Å². The fourth-order valence-electron chi connectivity index (χ4n) is 1.96. The number of amides is 1. The van der Waals surface area contributed by atoms with Crippen LogP contribution in [0.4, 0.5) is 5.69 Å². The van der Waals surface area contributed by atoms with Crippen molar-refractivity contribution in [1.82, 2.24) is 5.32 Å². The molecule has 0 aliphatic heterocycles. The fraction of sp³-hybridized carbons (Fsp3) is 0.500. The molecule has 1 N–H and O–H groups in total. The summed E-state index contributed by atoms with van der Waals surface area (Å²) in [7, 11) is -3.44. The fourth-order valence-corrected chi connectivity index (χ4v) is 3.42. The number of benzene rings is 1. The number of nitrogens with one attached hydrogen (secondary N) is 1. The maximum Gasteiger partial charge on any atom is 0.232 e. The Labute approximate surface area is 134 Å². The Morgan fingerprint density at radius 1 is 1.38 bits per heavy atom. The third-order valence-electron chi connectivity index (χ3n) is 2.82. The molecule has 0 bridgehead atoms. The predicted molar refractivity (Wildman–Crippen MR) is 89.0 cm³/mol. The maximum absolute atomic E-state index is 12.0. The van der Waals surface area contributed by atoms with Crippen LogP contribution >= 0.6 is 15.9 Å². The van der Waals surface area contributed by atoms with Crippen molar-refractivity contribution < 1.29 is 13.2 Å². The summed E-state index contributed by atoms with van der Waals surface area (Å²) >= 11 is 3.35. The van der Waals surface area contributed by atoms with Crippen LogP contribution in [0, 0.1) is 6.92 Å². The van der Waals surface area contributed by atoms with E-state index in [-0.39, 0.29) is 24.9 Å². The van der Waals surface area contributed by atoms with E-state index in [1.807, 2.05) is 26.8 Å². The lowest BCUT2D eigenvalue weighted by molar-refractivity contribution is -0.121. The number of anilines is 1. The molecule has 0 radical (unpaired) electrons. The molecule has 7 heteroatoms. The van der Waals surface area contributed by atoms with Crippen LogP contribution in [-0.2, 0) is 14.8 Å². The van der Waals surface area contributed by atoms with Crippen LogP contribution in [-0.4, -0.2) is 33.2 Å². The molecule has 0 aliphatic rings. The molecule has 0 atom stereocenters. The molecule has 0 saturated carbocycles. The smallest absolute Gasteiger partial charge is 0.232 e. The molecule has 0 spiro atoms. The minimum absolute atomic E-state index is 0.0404. The topological polar surface area (TPSA) is 66.5 Å². The Kier molecular flexibility index (Phi) is 6.22. The van der Waals surface area contributed by atoms with Crippen LogP contribution in [0.1, 0.15) is 25.8 Å². The molecular weight excluding hydrogens is 356 g/mol. The molecule has 0 saturated heterocycles. The van der Waals surface area contributed by atoms with Crippen molar-refractivity contribution in [2.45, 2.75) is 33.2 Å². The van der Waals surface area contributed by atoms with Gasteiger partial charge in [0, 0.05) is 23.5 Å². The van der Waals surface area contributed by atoms with Crippen LogP contribution in [0.3, 0.4) is 0 Å². The van der Waals surface area contributed by atoms with Gasteiger partial charge in [-0.1, -0.05) is 15.9 Å². The summed E-state index contributed by atoms with van der Waals surface area (Å²) in [5.74, 6) is -0.159. The molecule has 0 unspecified atom stereocenters. The molecule has 0 heterocycles. The van der Waals surface area contributed by atoms with Gasteiger partial charge < -0.3 is 5.32 Å². The quantitative estimate of drug-likeness (QED) is 0.828. The first-order valence-corrected chi connectivity index (χ1v) is 9.28. The van der Waals surface area contributed by atoms with Crippen LogP contribution in [0.2, 0.25) is 0 Å². The number of sulfonamides is 1. The number of nitrogens with zero attached hydrogens (tertiary/aromatic N) is 1. The first-order valence-electron chi connectivity index (χ1n) is 6.64.